The van der Waals surface area contributed by atoms with Crippen molar-refractivity contribution < 1.29 is 4.79 Å². The van der Waals surface area contributed by atoms with Gasteiger partial charge in [0.15, 0.2) is 6.29 Å². The van der Waals surface area contributed by atoms with Crippen LogP contribution in [0.5, 0.6) is 0 Å². The van der Waals surface area contributed by atoms with Crippen molar-refractivity contribution in [2.45, 2.75) is 19.9 Å². The van der Waals surface area contributed by atoms with Gasteiger partial charge < -0.3 is 0 Å². The lowest BCUT2D eigenvalue weighted by Crippen LogP contribution is -1.96. The molecule has 0 aliphatic rings. The van der Waals surface area contributed by atoms with Crippen LogP contribution < -0.4 is 0 Å². The molecular weight excluding hydrogens is 271 g/mol. The molecule has 0 spiro atoms. The Labute approximate surface area is 115 Å². The van der Waals surface area contributed by atoms with Crippen molar-refractivity contribution >= 4 is 29.5 Å². The van der Waals surface area contributed by atoms with E-state index < -0.39 is 0 Å². The van der Waals surface area contributed by atoms with E-state index in [0.29, 0.717) is 21.3 Å². The summed E-state index contributed by atoms with van der Waals surface area (Å²) in [6, 6.07) is 5.15. The van der Waals surface area contributed by atoms with E-state index in [-0.39, 0.29) is 0 Å². The van der Waals surface area contributed by atoms with Gasteiger partial charge in [0, 0.05) is 28.4 Å². The highest BCUT2D eigenvalue weighted by molar-refractivity contribution is 6.35. The highest BCUT2D eigenvalue weighted by Crippen LogP contribution is 2.28. The molecule has 0 radical (unpaired) electrons. The normalized spacial score (nSPS) is 10.6. The predicted molar refractivity (Wildman–Crippen MR) is 73.4 cm³/mol. The third-order valence-electron chi connectivity index (χ3n) is 2.51. The summed E-state index contributed by atoms with van der Waals surface area (Å²) in [5.74, 6) is 0. The molecule has 0 N–H and O–H groups in total. The lowest BCUT2D eigenvalue weighted by atomic mass is 10.1. The van der Waals surface area contributed by atoms with E-state index in [9.17, 15) is 4.79 Å². The third kappa shape index (κ3) is 2.74. The lowest BCUT2D eigenvalue weighted by molar-refractivity contribution is 0.112. The minimum atomic E-state index is 0.527. The van der Waals surface area contributed by atoms with Gasteiger partial charge in [-0.2, -0.15) is 5.10 Å². The second-order valence-corrected chi connectivity index (χ2v) is 4.84. The van der Waals surface area contributed by atoms with Crippen molar-refractivity contribution in [3.63, 3.8) is 0 Å². The highest BCUT2D eigenvalue weighted by Gasteiger charge is 2.11. The number of halogens is 2. The number of aldehydes is 1. The maximum Gasteiger partial charge on any atom is 0.153 e. The van der Waals surface area contributed by atoms with Crippen LogP contribution in [0.15, 0.2) is 24.4 Å². The number of carbonyl (C=O) groups is 1. The molecule has 0 atom stereocenters. The molecule has 0 aliphatic heterocycles. The van der Waals surface area contributed by atoms with Crippen molar-refractivity contribution in [1.29, 1.82) is 0 Å². The number of nitrogens with zero attached hydrogens (tertiary/aromatic N) is 2. The summed E-state index contributed by atoms with van der Waals surface area (Å²) in [7, 11) is 0. The van der Waals surface area contributed by atoms with E-state index >= 15 is 0 Å². The molecule has 0 fully saturated rings. The molecule has 0 aliphatic carbocycles. The zero-order valence-corrected chi connectivity index (χ0v) is 11.4. The topological polar surface area (TPSA) is 34.9 Å². The van der Waals surface area contributed by atoms with Gasteiger partial charge in [-0.1, -0.05) is 30.1 Å². The van der Waals surface area contributed by atoms with Crippen molar-refractivity contribution in [2.24, 2.45) is 0 Å². The van der Waals surface area contributed by atoms with Gasteiger partial charge in [0.1, 0.15) is 5.69 Å². The molecule has 94 valence electrons. The fraction of sp³-hybridized carbons (Fsp3) is 0.231. The highest BCUT2D eigenvalue weighted by atomic mass is 35.5. The Bertz CT molecular complexity index is 558. The maximum atomic E-state index is 11.1. The van der Waals surface area contributed by atoms with E-state index in [2.05, 4.69) is 12.0 Å². The Hall–Kier alpha value is -1.32. The molecule has 18 heavy (non-hydrogen) atoms. The minimum Gasteiger partial charge on any atom is -0.298 e. The maximum absolute atomic E-state index is 11.1. The second kappa shape index (κ2) is 5.55. The summed E-state index contributed by atoms with van der Waals surface area (Å²) in [4.78, 5) is 11.1. The van der Waals surface area contributed by atoms with Gasteiger partial charge in [-0.15, -0.1) is 0 Å². The monoisotopic (exact) mass is 282 g/mol. The first-order valence-electron chi connectivity index (χ1n) is 5.63. The van der Waals surface area contributed by atoms with Gasteiger partial charge in [-0.25, -0.2) is 0 Å². The van der Waals surface area contributed by atoms with Crippen LogP contribution in [-0.4, -0.2) is 16.1 Å². The first kappa shape index (κ1) is 13.1. The second-order valence-electron chi connectivity index (χ2n) is 3.97. The van der Waals surface area contributed by atoms with Crippen LogP contribution in [0.1, 0.15) is 23.7 Å². The molecular formula is C13H12Cl2N2O. The van der Waals surface area contributed by atoms with Gasteiger partial charge >= 0.3 is 0 Å². The Kier molecular flexibility index (Phi) is 4.04. The van der Waals surface area contributed by atoms with Crippen molar-refractivity contribution in [3.05, 3.63) is 40.0 Å². The van der Waals surface area contributed by atoms with E-state index in [0.717, 1.165) is 24.8 Å². The van der Waals surface area contributed by atoms with Gasteiger partial charge in [0.2, 0.25) is 0 Å². The van der Waals surface area contributed by atoms with Crippen LogP contribution in [0.2, 0.25) is 10.0 Å². The summed E-state index contributed by atoms with van der Waals surface area (Å²) in [6.07, 6.45) is 3.49. The van der Waals surface area contributed by atoms with Crippen LogP contribution in [0, 0.1) is 0 Å². The average molecular weight is 283 g/mol. The smallest absolute Gasteiger partial charge is 0.153 e. The number of hydrogen-bond acceptors (Lipinski definition) is 2. The predicted octanol–water partition coefficient (Wildman–Crippen LogP) is 4.08. The van der Waals surface area contributed by atoms with Crippen LogP contribution in [0.25, 0.3) is 11.3 Å². The summed E-state index contributed by atoms with van der Waals surface area (Å²) in [5.41, 5.74) is 1.91. The van der Waals surface area contributed by atoms with Gasteiger partial charge in [-0.3, -0.25) is 9.48 Å². The quantitative estimate of drug-likeness (QED) is 0.792. The summed E-state index contributed by atoms with van der Waals surface area (Å²) in [5, 5.41) is 5.45. The summed E-state index contributed by atoms with van der Waals surface area (Å²) < 4.78 is 1.76. The molecule has 2 aromatic rings. The molecule has 1 aromatic carbocycles. The molecule has 2 rings (SSSR count). The number of hydrogen-bond donors (Lipinski definition) is 0. The number of carbonyl (C=O) groups excluding carboxylic acids is 1. The molecule has 3 nitrogen and oxygen atoms in total. The first-order chi connectivity index (χ1) is 8.63. The SMILES string of the molecule is CCCn1cc(C=O)c(-c2cc(Cl)cc(Cl)c2)n1. The summed E-state index contributed by atoms with van der Waals surface area (Å²) in [6.45, 7) is 2.83. The average Bonchev–Trinajstić information content (AvgIpc) is 2.71. The fourth-order valence-corrected chi connectivity index (χ4v) is 2.31. The molecule has 0 amide bonds. The van der Waals surface area contributed by atoms with E-state index in [1.807, 2.05) is 0 Å². The van der Waals surface area contributed by atoms with E-state index in [4.69, 9.17) is 23.2 Å². The van der Waals surface area contributed by atoms with Crippen LogP contribution in [0.4, 0.5) is 0 Å². The zero-order chi connectivity index (χ0) is 13.1. The van der Waals surface area contributed by atoms with Crippen molar-refractivity contribution in [1.82, 2.24) is 9.78 Å². The Morgan fingerprint density at radius 2 is 1.94 bits per heavy atom. The Morgan fingerprint density at radius 3 is 2.50 bits per heavy atom. The number of benzene rings is 1. The Balaban J connectivity index is 2.51. The van der Waals surface area contributed by atoms with Gasteiger partial charge in [-0.05, 0) is 24.6 Å². The van der Waals surface area contributed by atoms with Crippen LogP contribution in [0.3, 0.4) is 0 Å². The summed E-state index contributed by atoms with van der Waals surface area (Å²) >= 11 is 11.9. The third-order valence-corrected chi connectivity index (χ3v) is 2.94. The van der Waals surface area contributed by atoms with Crippen LogP contribution in [-0.2, 0) is 6.54 Å². The lowest BCUT2D eigenvalue weighted by Gasteiger charge is -2.01. The molecule has 5 heteroatoms. The first-order valence-corrected chi connectivity index (χ1v) is 6.38. The van der Waals surface area contributed by atoms with Crippen molar-refractivity contribution in [3.8, 4) is 11.3 Å². The van der Waals surface area contributed by atoms with Gasteiger partial charge in [0.25, 0.3) is 0 Å². The van der Waals surface area contributed by atoms with E-state index in [1.54, 1.807) is 29.1 Å². The largest absolute Gasteiger partial charge is 0.298 e. The minimum absolute atomic E-state index is 0.527. The van der Waals surface area contributed by atoms with E-state index in [1.165, 1.54) is 0 Å². The van der Waals surface area contributed by atoms with Crippen molar-refractivity contribution in [2.75, 3.05) is 0 Å². The number of rotatable bonds is 4. The fourth-order valence-electron chi connectivity index (χ4n) is 1.78. The molecule has 0 saturated carbocycles. The number of aromatic nitrogens is 2. The zero-order valence-electron chi connectivity index (χ0n) is 9.86. The standard InChI is InChI=1S/C13H12Cl2N2O/c1-2-3-17-7-10(8-18)13(16-17)9-4-11(14)6-12(15)5-9/h4-8H,2-3H2,1H3. The van der Waals surface area contributed by atoms with Gasteiger partial charge in [0.05, 0.1) is 5.56 Å². The molecule has 1 heterocycles. The number of aryl methyl sites for hydroxylation is 1. The molecule has 0 unspecified atom stereocenters. The molecule has 0 saturated heterocycles. The van der Waals surface area contributed by atoms with Crippen LogP contribution >= 0.6 is 23.2 Å². The molecule has 0 bridgehead atoms. The molecule has 1 aromatic heterocycles. The Morgan fingerprint density at radius 1 is 1.28 bits per heavy atom.